The van der Waals surface area contributed by atoms with E-state index in [1.807, 2.05) is 28.8 Å². The van der Waals surface area contributed by atoms with Gasteiger partial charge in [0.25, 0.3) is 0 Å². The number of rotatable bonds is 4. The summed E-state index contributed by atoms with van der Waals surface area (Å²) < 4.78 is 1.87. The summed E-state index contributed by atoms with van der Waals surface area (Å²) in [6.07, 6.45) is 3.10. The van der Waals surface area contributed by atoms with Gasteiger partial charge in [0.1, 0.15) is 11.8 Å². The first-order valence-corrected chi connectivity index (χ1v) is 6.34. The Balaban J connectivity index is 1.85. The Kier molecular flexibility index (Phi) is 3.23. The number of anilines is 1. The SMILES string of the molecule is Nc1ncnc2c1ncn2Cc1ccc(CC(=O)O)cc1. The van der Waals surface area contributed by atoms with Gasteiger partial charge in [-0.15, -0.1) is 0 Å². The van der Waals surface area contributed by atoms with Crippen molar-refractivity contribution in [2.75, 3.05) is 5.73 Å². The minimum atomic E-state index is -0.837. The third-order valence-corrected chi connectivity index (χ3v) is 3.16. The fourth-order valence-electron chi connectivity index (χ4n) is 2.15. The van der Waals surface area contributed by atoms with Crippen LogP contribution in [0.15, 0.2) is 36.9 Å². The Labute approximate surface area is 120 Å². The largest absolute Gasteiger partial charge is 0.481 e. The molecular weight excluding hydrogens is 270 g/mol. The van der Waals surface area contributed by atoms with E-state index in [-0.39, 0.29) is 6.42 Å². The molecule has 0 saturated heterocycles. The number of carboxylic acids is 1. The van der Waals surface area contributed by atoms with Crippen LogP contribution in [0, 0.1) is 0 Å². The van der Waals surface area contributed by atoms with Crippen molar-refractivity contribution >= 4 is 23.0 Å². The van der Waals surface area contributed by atoms with Gasteiger partial charge in [0.15, 0.2) is 11.5 Å². The number of fused-ring (bicyclic) bond motifs is 1. The average Bonchev–Trinajstić information content (AvgIpc) is 2.85. The van der Waals surface area contributed by atoms with Crippen LogP contribution in [0.1, 0.15) is 11.1 Å². The number of benzene rings is 1. The van der Waals surface area contributed by atoms with E-state index in [2.05, 4.69) is 15.0 Å². The van der Waals surface area contributed by atoms with Gasteiger partial charge < -0.3 is 15.4 Å². The lowest BCUT2D eigenvalue weighted by Gasteiger charge is -2.05. The summed E-state index contributed by atoms with van der Waals surface area (Å²) in [5, 5.41) is 8.75. The van der Waals surface area contributed by atoms with Gasteiger partial charge in [-0.25, -0.2) is 15.0 Å². The van der Waals surface area contributed by atoms with Crippen molar-refractivity contribution in [1.82, 2.24) is 19.5 Å². The highest BCUT2D eigenvalue weighted by atomic mass is 16.4. The average molecular weight is 283 g/mol. The fraction of sp³-hybridized carbons (Fsp3) is 0.143. The number of aliphatic carboxylic acids is 1. The van der Waals surface area contributed by atoms with Gasteiger partial charge in [-0.05, 0) is 11.1 Å². The fourth-order valence-corrected chi connectivity index (χ4v) is 2.15. The van der Waals surface area contributed by atoms with E-state index in [1.54, 1.807) is 6.33 Å². The maximum absolute atomic E-state index is 10.6. The van der Waals surface area contributed by atoms with Gasteiger partial charge >= 0.3 is 5.97 Å². The minimum Gasteiger partial charge on any atom is -0.481 e. The van der Waals surface area contributed by atoms with Gasteiger partial charge in [0, 0.05) is 0 Å². The molecule has 106 valence electrons. The summed E-state index contributed by atoms with van der Waals surface area (Å²) in [5.41, 5.74) is 8.81. The second-order valence-corrected chi connectivity index (χ2v) is 4.69. The van der Waals surface area contributed by atoms with Crippen molar-refractivity contribution in [3.05, 3.63) is 48.0 Å². The van der Waals surface area contributed by atoms with Gasteiger partial charge in [-0.3, -0.25) is 4.79 Å². The van der Waals surface area contributed by atoms with Crippen LogP contribution in [0.4, 0.5) is 5.82 Å². The van der Waals surface area contributed by atoms with Gasteiger partial charge in [0.2, 0.25) is 0 Å². The van der Waals surface area contributed by atoms with Crippen molar-refractivity contribution in [2.45, 2.75) is 13.0 Å². The minimum absolute atomic E-state index is 0.0258. The molecule has 0 aliphatic carbocycles. The molecule has 0 spiro atoms. The number of aromatic nitrogens is 4. The van der Waals surface area contributed by atoms with Crippen LogP contribution < -0.4 is 5.73 Å². The molecule has 1 aromatic carbocycles. The molecule has 0 radical (unpaired) electrons. The molecule has 0 atom stereocenters. The molecule has 3 aromatic rings. The Bertz CT molecular complexity index is 795. The molecule has 0 saturated carbocycles. The lowest BCUT2D eigenvalue weighted by atomic mass is 10.1. The smallest absolute Gasteiger partial charge is 0.307 e. The first kappa shape index (κ1) is 13.0. The Morgan fingerprint density at radius 2 is 1.86 bits per heavy atom. The van der Waals surface area contributed by atoms with Crippen LogP contribution in [0.2, 0.25) is 0 Å². The summed E-state index contributed by atoms with van der Waals surface area (Å²) in [5.74, 6) is -0.480. The summed E-state index contributed by atoms with van der Waals surface area (Å²) in [6, 6.07) is 7.42. The highest BCUT2D eigenvalue weighted by Crippen LogP contribution is 2.16. The zero-order valence-corrected chi connectivity index (χ0v) is 11.1. The standard InChI is InChI=1S/C14H13N5O2/c15-13-12-14(17-7-16-13)19(8-18-12)6-10-3-1-9(2-4-10)5-11(20)21/h1-4,7-8H,5-6H2,(H,20,21)(H2,15,16,17). The molecule has 2 aromatic heterocycles. The number of carboxylic acid groups (broad SMARTS) is 1. The topological polar surface area (TPSA) is 107 Å². The molecule has 2 heterocycles. The van der Waals surface area contributed by atoms with Crippen LogP contribution in [-0.4, -0.2) is 30.6 Å². The lowest BCUT2D eigenvalue weighted by molar-refractivity contribution is -0.136. The monoisotopic (exact) mass is 283 g/mol. The molecule has 21 heavy (non-hydrogen) atoms. The number of hydrogen-bond donors (Lipinski definition) is 2. The molecule has 3 N–H and O–H groups in total. The quantitative estimate of drug-likeness (QED) is 0.742. The third-order valence-electron chi connectivity index (χ3n) is 3.16. The molecule has 0 fully saturated rings. The first-order chi connectivity index (χ1) is 10.1. The second kappa shape index (κ2) is 5.20. The second-order valence-electron chi connectivity index (χ2n) is 4.69. The number of nitrogens with zero attached hydrogens (tertiary/aromatic N) is 4. The van der Waals surface area contributed by atoms with Gasteiger partial charge in [-0.1, -0.05) is 24.3 Å². The zero-order chi connectivity index (χ0) is 14.8. The molecule has 7 heteroatoms. The summed E-state index contributed by atoms with van der Waals surface area (Å²) in [6.45, 7) is 0.584. The van der Waals surface area contributed by atoms with Crippen LogP contribution in [-0.2, 0) is 17.8 Å². The summed E-state index contributed by atoms with van der Waals surface area (Å²) >= 11 is 0. The van der Waals surface area contributed by atoms with E-state index in [1.165, 1.54) is 6.33 Å². The zero-order valence-electron chi connectivity index (χ0n) is 11.1. The Hall–Kier alpha value is -2.96. The molecule has 0 aliphatic rings. The molecule has 0 aliphatic heterocycles. The maximum atomic E-state index is 10.6. The van der Waals surface area contributed by atoms with E-state index in [0.717, 1.165) is 11.1 Å². The maximum Gasteiger partial charge on any atom is 0.307 e. The molecular formula is C14H13N5O2. The van der Waals surface area contributed by atoms with E-state index >= 15 is 0 Å². The van der Waals surface area contributed by atoms with E-state index in [9.17, 15) is 4.79 Å². The first-order valence-electron chi connectivity index (χ1n) is 6.34. The molecule has 0 amide bonds. The predicted octanol–water partition coefficient (Wildman–Crippen LogP) is 1.08. The van der Waals surface area contributed by atoms with Gasteiger partial charge in [0.05, 0.1) is 19.3 Å². The molecule has 0 bridgehead atoms. The van der Waals surface area contributed by atoms with Crippen molar-refractivity contribution < 1.29 is 9.90 Å². The van der Waals surface area contributed by atoms with Crippen LogP contribution in [0.5, 0.6) is 0 Å². The highest BCUT2D eigenvalue weighted by Gasteiger charge is 2.08. The predicted molar refractivity (Wildman–Crippen MR) is 76.6 cm³/mol. The third kappa shape index (κ3) is 2.66. The van der Waals surface area contributed by atoms with Crippen molar-refractivity contribution in [3.63, 3.8) is 0 Å². The molecule has 7 nitrogen and oxygen atoms in total. The van der Waals surface area contributed by atoms with Crippen LogP contribution in [0.25, 0.3) is 11.2 Å². The Morgan fingerprint density at radius 3 is 2.57 bits per heavy atom. The van der Waals surface area contributed by atoms with Crippen molar-refractivity contribution in [3.8, 4) is 0 Å². The van der Waals surface area contributed by atoms with E-state index in [0.29, 0.717) is 23.5 Å². The molecule has 0 unspecified atom stereocenters. The van der Waals surface area contributed by atoms with Crippen LogP contribution >= 0.6 is 0 Å². The molecule has 3 rings (SSSR count). The number of carbonyl (C=O) groups is 1. The summed E-state index contributed by atoms with van der Waals surface area (Å²) in [4.78, 5) is 22.9. The number of nitrogen functional groups attached to an aromatic ring is 1. The number of imidazole rings is 1. The Morgan fingerprint density at radius 1 is 1.14 bits per heavy atom. The number of nitrogens with two attached hydrogens (primary N) is 1. The van der Waals surface area contributed by atoms with Crippen molar-refractivity contribution in [2.24, 2.45) is 0 Å². The van der Waals surface area contributed by atoms with Gasteiger partial charge in [-0.2, -0.15) is 0 Å². The normalized spacial score (nSPS) is 10.9. The van der Waals surface area contributed by atoms with E-state index < -0.39 is 5.97 Å². The lowest BCUT2D eigenvalue weighted by Crippen LogP contribution is -2.02. The summed E-state index contributed by atoms with van der Waals surface area (Å²) in [7, 11) is 0. The van der Waals surface area contributed by atoms with Crippen molar-refractivity contribution in [1.29, 1.82) is 0 Å². The van der Waals surface area contributed by atoms with Crippen LogP contribution in [0.3, 0.4) is 0 Å². The highest BCUT2D eigenvalue weighted by molar-refractivity contribution is 5.81. The number of hydrogen-bond acceptors (Lipinski definition) is 5. The van der Waals surface area contributed by atoms with E-state index in [4.69, 9.17) is 10.8 Å².